The SMILES string of the molecule is CC(C)S(=O)(=O)NC1CCC(C(=O)Nc2ccc(N3CCCS3(=O)=O)cc2)CC1. The number of benzene rings is 1. The molecule has 2 fully saturated rings. The molecule has 1 aromatic rings. The van der Waals surface area contributed by atoms with Gasteiger partial charge in [0.15, 0.2) is 0 Å². The Kier molecular flexibility index (Phi) is 6.54. The third-order valence-electron chi connectivity index (χ3n) is 5.57. The minimum absolute atomic E-state index is 0.0864. The molecule has 2 N–H and O–H groups in total. The second-order valence-corrected chi connectivity index (χ2v) is 12.3. The van der Waals surface area contributed by atoms with Gasteiger partial charge in [-0.25, -0.2) is 21.6 Å². The van der Waals surface area contributed by atoms with E-state index in [-0.39, 0.29) is 23.6 Å². The van der Waals surface area contributed by atoms with Crippen molar-refractivity contribution in [1.82, 2.24) is 4.72 Å². The van der Waals surface area contributed by atoms with Crippen LogP contribution in [0.2, 0.25) is 0 Å². The molecule has 1 aromatic carbocycles. The van der Waals surface area contributed by atoms with Gasteiger partial charge in [-0.3, -0.25) is 9.10 Å². The van der Waals surface area contributed by atoms with Crippen molar-refractivity contribution < 1.29 is 21.6 Å². The van der Waals surface area contributed by atoms with E-state index in [2.05, 4.69) is 10.0 Å². The molecule has 29 heavy (non-hydrogen) atoms. The van der Waals surface area contributed by atoms with Gasteiger partial charge >= 0.3 is 0 Å². The van der Waals surface area contributed by atoms with Gasteiger partial charge in [-0.15, -0.1) is 0 Å². The highest BCUT2D eigenvalue weighted by molar-refractivity contribution is 7.93. The van der Waals surface area contributed by atoms with E-state index in [9.17, 15) is 21.6 Å². The van der Waals surface area contributed by atoms with Gasteiger partial charge in [0.25, 0.3) is 0 Å². The molecule has 1 saturated carbocycles. The topological polar surface area (TPSA) is 113 Å². The summed E-state index contributed by atoms with van der Waals surface area (Å²) in [5, 5.41) is 2.42. The molecule has 3 rings (SSSR count). The average molecular weight is 444 g/mol. The van der Waals surface area contributed by atoms with E-state index in [0.717, 1.165) is 0 Å². The Morgan fingerprint density at radius 3 is 2.24 bits per heavy atom. The van der Waals surface area contributed by atoms with Crippen molar-refractivity contribution >= 4 is 37.3 Å². The number of sulfonamides is 2. The summed E-state index contributed by atoms with van der Waals surface area (Å²) in [4.78, 5) is 12.6. The van der Waals surface area contributed by atoms with Crippen LogP contribution < -0.4 is 14.3 Å². The molecule has 162 valence electrons. The van der Waals surface area contributed by atoms with Crippen LogP contribution in [0.1, 0.15) is 46.0 Å². The third-order valence-corrected chi connectivity index (χ3v) is 9.34. The van der Waals surface area contributed by atoms with Gasteiger partial charge in [0.05, 0.1) is 16.7 Å². The van der Waals surface area contributed by atoms with Gasteiger partial charge in [-0.1, -0.05) is 0 Å². The highest BCUT2D eigenvalue weighted by Gasteiger charge is 2.30. The van der Waals surface area contributed by atoms with Crippen molar-refractivity contribution in [1.29, 1.82) is 0 Å². The lowest BCUT2D eigenvalue weighted by molar-refractivity contribution is -0.120. The number of hydrogen-bond donors (Lipinski definition) is 2. The van der Waals surface area contributed by atoms with Gasteiger partial charge in [0, 0.05) is 24.2 Å². The summed E-state index contributed by atoms with van der Waals surface area (Å²) in [6, 6.07) is 6.71. The van der Waals surface area contributed by atoms with Crippen LogP contribution in [0.5, 0.6) is 0 Å². The molecular formula is C19H29N3O5S2. The van der Waals surface area contributed by atoms with Crippen LogP contribution in [0, 0.1) is 5.92 Å². The highest BCUT2D eigenvalue weighted by atomic mass is 32.2. The number of anilines is 2. The first-order chi connectivity index (χ1) is 13.6. The number of carbonyl (C=O) groups excluding carboxylic acids is 1. The Hall–Kier alpha value is -1.65. The smallest absolute Gasteiger partial charge is 0.235 e. The summed E-state index contributed by atoms with van der Waals surface area (Å²) in [5.74, 6) is -0.0771. The fourth-order valence-corrected chi connectivity index (χ4v) is 6.26. The van der Waals surface area contributed by atoms with Gasteiger partial charge in [0.1, 0.15) is 0 Å². The number of amides is 1. The zero-order chi connectivity index (χ0) is 21.2. The Labute approximate surface area is 173 Å². The molecule has 0 radical (unpaired) electrons. The maximum atomic E-state index is 12.6. The molecule has 0 aromatic heterocycles. The first kappa shape index (κ1) is 22.0. The van der Waals surface area contributed by atoms with Crippen molar-refractivity contribution in [2.75, 3.05) is 21.9 Å². The normalized spacial score (nSPS) is 24.6. The second kappa shape index (κ2) is 8.61. The number of carbonyl (C=O) groups is 1. The number of hydrogen-bond acceptors (Lipinski definition) is 5. The molecule has 8 nitrogen and oxygen atoms in total. The quantitative estimate of drug-likeness (QED) is 0.699. The lowest BCUT2D eigenvalue weighted by Crippen LogP contribution is -2.42. The fraction of sp³-hybridized carbons (Fsp3) is 0.632. The Bertz CT molecular complexity index is 935. The summed E-state index contributed by atoms with van der Waals surface area (Å²) in [6.45, 7) is 3.77. The van der Waals surface area contributed by atoms with Gasteiger partial charge < -0.3 is 5.32 Å². The summed E-state index contributed by atoms with van der Waals surface area (Å²) in [5.41, 5.74) is 1.23. The standard InChI is InChI=1S/C19H29N3O5S2/c1-14(2)29(26,27)21-17-6-4-15(5-7-17)19(23)20-16-8-10-18(11-9-16)22-12-3-13-28(22,24)25/h8-11,14-15,17,21H,3-7,12-13H2,1-2H3,(H,20,23). The lowest BCUT2D eigenvalue weighted by Gasteiger charge is -2.28. The Balaban J connectivity index is 1.52. The first-order valence-electron chi connectivity index (χ1n) is 10.0. The monoisotopic (exact) mass is 443 g/mol. The van der Waals surface area contributed by atoms with Crippen molar-refractivity contribution in [3.8, 4) is 0 Å². The molecule has 1 heterocycles. The van der Waals surface area contributed by atoms with E-state index in [4.69, 9.17) is 0 Å². The maximum Gasteiger partial charge on any atom is 0.235 e. The van der Waals surface area contributed by atoms with Crippen LogP contribution in [0.4, 0.5) is 11.4 Å². The Morgan fingerprint density at radius 1 is 1.10 bits per heavy atom. The molecule has 1 aliphatic carbocycles. The number of nitrogens with zero attached hydrogens (tertiary/aromatic N) is 1. The van der Waals surface area contributed by atoms with E-state index in [1.54, 1.807) is 38.1 Å². The molecule has 1 amide bonds. The van der Waals surface area contributed by atoms with Crippen molar-refractivity contribution in [2.24, 2.45) is 5.92 Å². The minimum atomic E-state index is -3.30. The maximum absolute atomic E-state index is 12.6. The minimum Gasteiger partial charge on any atom is -0.326 e. The molecule has 0 unspecified atom stereocenters. The number of rotatable bonds is 6. The number of nitrogens with one attached hydrogen (secondary N) is 2. The molecule has 1 aliphatic heterocycles. The summed E-state index contributed by atoms with van der Waals surface area (Å²) in [7, 11) is -6.52. The molecule has 0 atom stereocenters. The van der Waals surface area contributed by atoms with Crippen LogP contribution in [0.15, 0.2) is 24.3 Å². The predicted molar refractivity (Wildman–Crippen MR) is 114 cm³/mol. The first-order valence-corrected chi connectivity index (χ1v) is 13.2. The van der Waals surface area contributed by atoms with Gasteiger partial charge in [-0.05, 0) is 70.2 Å². The molecular weight excluding hydrogens is 414 g/mol. The highest BCUT2D eigenvalue weighted by Crippen LogP contribution is 2.28. The van der Waals surface area contributed by atoms with E-state index in [1.807, 2.05) is 0 Å². The largest absolute Gasteiger partial charge is 0.326 e. The predicted octanol–water partition coefficient (Wildman–Crippen LogP) is 2.05. The summed E-state index contributed by atoms with van der Waals surface area (Å²) in [6.07, 6.45) is 3.14. The van der Waals surface area contributed by atoms with Crippen LogP contribution in [-0.2, 0) is 24.8 Å². The van der Waals surface area contributed by atoms with E-state index in [0.29, 0.717) is 50.0 Å². The van der Waals surface area contributed by atoms with Gasteiger partial charge in [-0.2, -0.15) is 0 Å². The fourth-order valence-electron chi connectivity index (χ4n) is 3.73. The van der Waals surface area contributed by atoms with Crippen LogP contribution in [-0.4, -0.2) is 46.3 Å². The van der Waals surface area contributed by atoms with E-state index < -0.39 is 25.3 Å². The average Bonchev–Trinajstić information content (AvgIpc) is 3.01. The van der Waals surface area contributed by atoms with Gasteiger partial charge in [0.2, 0.25) is 26.0 Å². The molecule has 10 heteroatoms. The summed E-state index contributed by atoms with van der Waals surface area (Å²) >= 11 is 0. The van der Waals surface area contributed by atoms with Crippen LogP contribution in [0.25, 0.3) is 0 Å². The zero-order valence-corrected chi connectivity index (χ0v) is 18.4. The Morgan fingerprint density at radius 2 is 1.72 bits per heavy atom. The van der Waals surface area contributed by atoms with E-state index in [1.165, 1.54) is 4.31 Å². The molecule has 1 saturated heterocycles. The van der Waals surface area contributed by atoms with Crippen LogP contribution in [0.3, 0.4) is 0 Å². The molecule has 2 aliphatic rings. The van der Waals surface area contributed by atoms with Crippen molar-refractivity contribution in [3.63, 3.8) is 0 Å². The molecule has 0 spiro atoms. The summed E-state index contributed by atoms with van der Waals surface area (Å²) < 4.78 is 52.1. The van der Waals surface area contributed by atoms with Crippen molar-refractivity contribution in [2.45, 2.75) is 57.2 Å². The second-order valence-electron chi connectivity index (χ2n) is 8.04. The van der Waals surface area contributed by atoms with E-state index >= 15 is 0 Å². The third kappa shape index (κ3) is 5.29. The lowest BCUT2D eigenvalue weighted by atomic mass is 9.86. The van der Waals surface area contributed by atoms with Crippen molar-refractivity contribution in [3.05, 3.63) is 24.3 Å². The zero-order valence-electron chi connectivity index (χ0n) is 16.8. The van der Waals surface area contributed by atoms with Crippen LogP contribution >= 0.6 is 0 Å². The molecule has 0 bridgehead atoms.